The summed E-state index contributed by atoms with van der Waals surface area (Å²) in [5, 5.41) is 9.80. The van der Waals surface area contributed by atoms with Crippen LogP contribution in [0.4, 0.5) is 4.39 Å². The van der Waals surface area contributed by atoms with Gasteiger partial charge in [0.2, 0.25) is 0 Å². The molecule has 1 atom stereocenters. The van der Waals surface area contributed by atoms with Gasteiger partial charge in [0.15, 0.2) is 6.39 Å². The number of hydrogen-bond donors (Lipinski definition) is 1. The fourth-order valence-electron chi connectivity index (χ4n) is 1.25. The maximum atomic E-state index is 13.6. The number of rotatable bonds is 2. The van der Waals surface area contributed by atoms with Crippen molar-refractivity contribution in [3.8, 4) is 0 Å². The first kappa shape index (κ1) is 10.3. The normalized spacial score (nSPS) is 12.7. The highest BCUT2D eigenvalue weighted by Gasteiger charge is 2.18. The Morgan fingerprint density at radius 3 is 2.93 bits per heavy atom. The highest BCUT2D eigenvalue weighted by Crippen LogP contribution is 2.27. The van der Waals surface area contributed by atoms with Crippen LogP contribution in [0.15, 0.2) is 39.7 Å². The van der Waals surface area contributed by atoms with Gasteiger partial charge in [0.25, 0.3) is 0 Å². The summed E-state index contributed by atoms with van der Waals surface area (Å²) in [5.41, 5.74) is 0.449. The molecule has 0 saturated carbocycles. The van der Waals surface area contributed by atoms with Gasteiger partial charge in [0, 0.05) is 5.56 Å². The molecule has 0 amide bonds. The zero-order valence-corrected chi connectivity index (χ0v) is 9.11. The molecule has 5 heteroatoms. The van der Waals surface area contributed by atoms with E-state index in [2.05, 4.69) is 20.9 Å². The van der Waals surface area contributed by atoms with Crippen molar-refractivity contribution in [2.24, 2.45) is 0 Å². The molecule has 0 fully saturated rings. The number of aromatic nitrogens is 1. The summed E-state index contributed by atoms with van der Waals surface area (Å²) in [6, 6.07) is 4.71. The van der Waals surface area contributed by atoms with E-state index in [0.717, 1.165) is 0 Å². The molecule has 1 N–H and O–H groups in total. The van der Waals surface area contributed by atoms with Gasteiger partial charge in [-0.3, -0.25) is 0 Å². The number of aliphatic hydroxyl groups is 1. The van der Waals surface area contributed by atoms with Crippen molar-refractivity contribution in [3.63, 3.8) is 0 Å². The Bertz CT molecular complexity index is 458. The van der Waals surface area contributed by atoms with E-state index < -0.39 is 11.9 Å². The van der Waals surface area contributed by atoms with Crippen LogP contribution in [0.1, 0.15) is 17.4 Å². The minimum absolute atomic E-state index is 0.165. The minimum Gasteiger partial charge on any atom is -0.451 e. The molecule has 2 aromatic rings. The van der Waals surface area contributed by atoms with Crippen LogP contribution in [0, 0.1) is 5.82 Å². The Morgan fingerprint density at radius 2 is 2.27 bits per heavy atom. The first-order valence-corrected chi connectivity index (χ1v) is 4.99. The molecule has 3 nitrogen and oxygen atoms in total. The maximum absolute atomic E-state index is 13.6. The molecule has 0 bridgehead atoms. The molecular weight excluding hydrogens is 265 g/mol. The molecule has 15 heavy (non-hydrogen) atoms. The molecule has 0 aliphatic rings. The quantitative estimate of drug-likeness (QED) is 0.914. The van der Waals surface area contributed by atoms with E-state index in [1.807, 2.05) is 0 Å². The fourth-order valence-corrected chi connectivity index (χ4v) is 1.63. The first-order chi connectivity index (χ1) is 7.20. The van der Waals surface area contributed by atoms with Crippen LogP contribution in [-0.2, 0) is 0 Å². The SMILES string of the molecule is OC(c1cocn1)c1cccc(Br)c1F. The lowest BCUT2D eigenvalue weighted by atomic mass is 10.1. The average molecular weight is 272 g/mol. The molecule has 0 saturated heterocycles. The van der Waals surface area contributed by atoms with Gasteiger partial charge in [-0.05, 0) is 22.0 Å². The second-order valence-electron chi connectivity index (χ2n) is 2.96. The van der Waals surface area contributed by atoms with E-state index in [1.165, 1.54) is 18.7 Å². The van der Waals surface area contributed by atoms with Gasteiger partial charge in [-0.2, -0.15) is 0 Å². The number of oxazole rings is 1. The van der Waals surface area contributed by atoms with Crippen LogP contribution < -0.4 is 0 Å². The topological polar surface area (TPSA) is 46.3 Å². The van der Waals surface area contributed by atoms with Crippen molar-refractivity contribution in [2.75, 3.05) is 0 Å². The van der Waals surface area contributed by atoms with Crippen molar-refractivity contribution in [2.45, 2.75) is 6.10 Å². The summed E-state index contributed by atoms with van der Waals surface area (Å²) in [6.45, 7) is 0. The van der Waals surface area contributed by atoms with E-state index in [-0.39, 0.29) is 11.3 Å². The number of hydrogen-bond acceptors (Lipinski definition) is 3. The molecule has 2 rings (SSSR count). The number of nitrogens with zero attached hydrogens (tertiary/aromatic N) is 1. The average Bonchev–Trinajstić information content (AvgIpc) is 2.74. The van der Waals surface area contributed by atoms with Crippen LogP contribution in [0.2, 0.25) is 0 Å². The lowest BCUT2D eigenvalue weighted by Crippen LogP contribution is -2.03. The van der Waals surface area contributed by atoms with Crippen LogP contribution in [0.5, 0.6) is 0 Å². The molecule has 0 radical (unpaired) electrons. The standard InChI is InChI=1S/C10H7BrFNO2/c11-7-3-1-2-6(9(7)12)10(14)8-4-15-5-13-8/h1-5,10,14H. The highest BCUT2D eigenvalue weighted by atomic mass is 79.9. The van der Waals surface area contributed by atoms with Crippen molar-refractivity contribution >= 4 is 15.9 Å². The van der Waals surface area contributed by atoms with Crippen LogP contribution in [0.25, 0.3) is 0 Å². The Hall–Kier alpha value is -1.20. The molecule has 1 heterocycles. The monoisotopic (exact) mass is 271 g/mol. The van der Waals surface area contributed by atoms with Gasteiger partial charge < -0.3 is 9.52 Å². The summed E-state index contributed by atoms with van der Waals surface area (Å²) in [4.78, 5) is 3.76. The summed E-state index contributed by atoms with van der Waals surface area (Å²) in [5.74, 6) is -0.493. The third kappa shape index (κ3) is 1.93. The zero-order valence-electron chi connectivity index (χ0n) is 7.52. The van der Waals surface area contributed by atoms with Gasteiger partial charge in [-0.1, -0.05) is 12.1 Å². The smallest absolute Gasteiger partial charge is 0.180 e. The summed E-state index contributed by atoms with van der Waals surface area (Å²) < 4.78 is 18.6. The third-order valence-electron chi connectivity index (χ3n) is 2.01. The molecule has 0 aliphatic heterocycles. The second-order valence-corrected chi connectivity index (χ2v) is 3.81. The van der Waals surface area contributed by atoms with Gasteiger partial charge >= 0.3 is 0 Å². The molecular formula is C10H7BrFNO2. The Morgan fingerprint density at radius 1 is 1.47 bits per heavy atom. The van der Waals surface area contributed by atoms with Crippen LogP contribution in [-0.4, -0.2) is 10.1 Å². The molecule has 0 aliphatic carbocycles. The zero-order chi connectivity index (χ0) is 10.8. The third-order valence-corrected chi connectivity index (χ3v) is 2.62. The van der Waals surface area contributed by atoms with Crippen LogP contribution >= 0.6 is 15.9 Å². The molecule has 1 aromatic heterocycles. The molecule has 1 unspecified atom stereocenters. The van der Waals surface area contributed by atoms with E-state index in [0.29, 0.717) is 4.47 Å². The second kappa shape index (κ2) is 4.12. The van der Waals surface area contributed by atoms with Gasteiger partial charge in [0.05, 0.1) is 4.47 Å². The van der Waals surface area contributed by atoms with Crippen molar-refractivity contribution in [1.82, 2.24) is 4.98 Å². The van der Waals surface area contributed by atoms with Gasteiger partial charge in [0.1, 0.15) is 23.9 Å². The summed E-state index contributed by atoms with van der Waals surface area (Å²) in [7, 11) is 0. The van der Waals surface area contributed by atoms with Crippen molar-refractivity contribution in [3.05, 3.63) is 52.4 Å². The molecule has 78 valence electrons. The lowest BCUT2D eigenvalue weighted by molar-refractivity contribution is 0.209. The predicted octanol–water partition coefficient (Wildman–Crippen LogP) is 2.66. The number of aliphatic hydroxyl groups excluding tert-OH is 1. The van der Waals surface area contributed by atoms with Gasteiger partial charge in [-0.25, -0.2) is 9.37 Å². The highest BCUT2D eigenvalue weighted by molar-refractivity contribution is 9.10. The summed E-state index contributed by atoms with van der Waals surface area (Å²) >= 11 is 3.05. The van der Waals surface area contributed by atoms with E-state index >= 15 is 0 Å². The Kier molecular flexibility index (Phi) is 2.83. The lowest BCUT2D eigenvalue weighted by Gasteiger charge is -2.09. The predicted molar refractivity (Wildman–Crippen MR) is 54.7 cm³/mol. The van der Waals surface area contributed by atoms with Crippen molar-refractivity contribution in [1.29, 1.82) is 0 Å². The molecule has 0 spiro atoms. The maximum Gasteiger partial charge on any atom is 0.180 e. The Labute approximate surface area is 93.7 Å². The van der Waals surface area contributed by atoms with E-state index in [1.54, 1.807) is 12.1 Å². The van der Waals surface area contributed by atoms with E-state index in [4.69, 9.17) is 4.42 Å². The first-order valence-electron chi connectivity index (χ1n) is 4.20. The van der Waals surface area contributed by atoms with Gasteiger partial charge in [-0.15, -0.1) is 0 Å². The summed E-state index contributed by atoms with van der Waals surface area (Å²) in [6.07, 6.45) is 1.36. The van der Waals surface area contributed by atoms with Crippen LogP contribution in [0.3, 0.4) is 0 Å². The van der Waals surface area contributed by atoms with Crippen molar-refractivity contribution < 1.29 is 13.9 Å². The Balaban J connectivity index is 2.42. The fraction of sp³-hybridized carbons (Fsp3) is 0.100. The largest absolute Gasteiger partial charge is 0.451 e. The van der Waals surface area contributed by atoms with E-state index in [9.17, 15) is 9.50 Å². The minimum atomic E-state index is -1.11. The number of halogens is 2. The number of benzene rings is 1. The molecule has 1 aromatic carbocycles.